The van der Waals surface area contributed by atoms with E-state index in [0.29, 0.717) is 6.04 Å². The lowest BCUT2D eigenvalue weighted by Crippen LogP contribution is -2.27. The molecule has 1 saturated heterocycles. The van der Waals surface area contributed by atoms with Gasteiger partial charge in [0.2, 0.25) is 0 Å². The monoisotopic (exact) mass is 390 g/mol. The average Bonchev–Trinajstić information content (AvgIpc) is 2.39. The molecule has 1 aliphatic heterocycles. The molecule has 1 atom stereocenters. The van der Waals surface area contributed by atoms with Crippen molar-refractivity contribution in [3.05, 3.63) is 26.9 Å². The van der Waals surface area contributed by atoms with Gasteiger partial charge in [-0.2, -0.15) is 0 Å². The molecule has 0 saturated carbocycles. The molecule has 3 nitrogen and oxygen atoms in total. The fraction of sp³-hybridized carbons (Fsp3) is 0.643. The minimum absolute atomic E-state index is 0.315. The summed E-state index contributed by atoms with van der Waals surface area (Å²) in [4.78, 5) is 4.57. The molecule has 0 bridgehead atoms. The van der Waals surface area contributed by atoms with E-state index in [-0.39, 0.29) is 0 Å². The van der Waals surface area contributed by atoms with Crippen LogP contribution in [0.5, 0.6) is 0 Å². The average molecular weight is 392 g/mol. The van der Waals surface area contributed by atoms with Gasteiger partial charge in [-0.15, -0.1) is 0 Å². The van der Waals surface area contributed by atoms with Crippen molar-refractivity contribution in [1.82, 2.24) is 10.3 Å². The molecule has 1 aliphatic rings. The molecule has 2 heterocycles. The van der Waals surface area contributed by atoms with E-state index >= 15 is 0 Å². The fourth-order valence-electron chi connectivity index (χ4n) is 2.54. The number of hydrogen-bond donors (Lipinski definition) is 1. The quantitative estimate of drug-likeness (QED) is 0.821. The first kappa shape index (κ1) is 15.4. The molecule has 1 N–H and O–H groups in total. The van der Waals surface area contributed by atoms with E-state index in [1.54, 1.807) is 0 Å². The highest BCUT2D eigenvalue weighted by molar-refractivity contribution is 9.11. The number of nitrogens with one attached hydrogen (secondary N) is 1. The summed E-state index contributed by atoms with van der Waals surface area (Å²) in [5.41, 5.74) is 1.11. The summed E-state index contributed by atoms with van der Waals surface area (Å²) in [6, 6.07) is 2.38. The second-order valence-electron chi connectivity index (χ2n) is 4.92. The number of halogens is 2. The number of aromatic nitrogens is 1. The van der Waals surface area contributed by atoms with Crippen molar-refractivity contribution >= 4 is 31.9 Å². The maximum atomic E-state index is 5.43. The first-order chi connectivity index (χ1) is 9.20. The Morgan fingerprint density at radius 1 is 1.42 bits per heavy atom. The molecular weight excluding hydrogens is 372 g/mol. The van der Waals surface area contributed by atoms with Crippen LogP contribution in [0.1, 0.15) is 37.9 Å². The van der Waals surface area contributed by atoms with E-state index in [0.717, 1.165) is 59.6 Å². The molecule has 0 radical (unpaired) electrons. The Morgan fingerprint density at radius 2 is 2.16 bits per heavy atom. The second kappa shape index (κ2) is 7.72. The SMILES string of the molecule is CCNC(CC1CCOCC1)c1ncc(Br)cc1Br. The predicted octanol–water partition coefficient (Wildman–Crippen LogP) is 4.07. The lowest BCUT2D eigenvalue weighted by atomic mass is 9.91. The van der Waals surface area contributed by atoms with Crippen molar-refractivity contribution in [2.45, 2.75) is 32.2 Å². The summed E-state index contributed by atoms with van der Waals surface area (Å²) in [5, 5.41) is 3.56. The zero-order chi connectivity index (χ0) is 13.7. The maximum Gasteiger partial charge on any atom is 0.0715 e. The summed E-state index contributed by atoms with van der Waals surface area (Å²) in [7, 11) is 0. The van der Waals surface area contributed by atoms with E-state index < -0.39 is 0 Å². The molecule has 5 heteroatoms. The Labute approximate surface area is 131 Å². The van der Waals surface area contributed by atoms with Gasteiger partial charge < -0.3 is 10.1 Å². The summed E-state index contributed by atoms with van der Waals surface area (Å²) >= 11 is 7.08. The highest BCUT2D eigenvalue weighted by atomic mass is 79.9. The van der Waals surface area contributed by atoms with Gasteiger partial charge in [0.1, 0.15) is 0 Å². The smallest absolute Gasteiger partial charge is 0.0715 e. The minimum atomic E-state index is 0.315. The van der Waals surface area contributed by atoms with Gasteiger partial charge >= 0.3 is 0 Å². The third kappa shape index (κ3) is 4.52. The van der Waals surface area contributed by atoms with E-state index in [4.69, 9.17) is 4.74 Å². The molecule has 0 amide bonds. The molecule has 0 aromatic carbocycles. The third-order valence-corrected chi connectivity index (χ3v) is 4.60. The minimum Gasteiger partial charge on any atom is -0.381 e. The molecule has 19 heavy (non-hydrogen) atoms. The van der Waals surface area contributed by atoms with Crippen LogP contribution in [0.15, 0.2) is 21.2 Å². The van der Waals surface area contributed by atoms with Crippen LogP contribution < -0.4 is 5.32 Å². The van der Waals surface area contributed by atoms with Gasteiger partial charge in [0.05, 0.1) is 11.7 Å². The molecule has 106 valence electrons. The summed E-state index contributed by atoms with van der Waals surface area (Å²) in [6.07, 6.45) is 5.32. The standard InChI is InChI=1S/C14H20Br2N2O/c1-2-17-13(7-10-3-5-19-6-4-10)14-12(16)8-11(15)9-18-14/h8-10,13,17H,2-7H2,1H3. The molecule has 1 fully saturated rings. The Morgan fingerprint density at radius 3 is 2.79 bits per heavy atom. The van der Waals surface area contributed by atoms with Crippen LogP contribution in [-0.4, -0.2) is 24.7 Å². The lowest BCUT2D eigenvalue weighted by Gasteiger charge is -2.27. The van der Waals surface area contributed by atoms with Gasteiger partial charge in [-0.05, 0) is 69.7 Å². The summed E-state index contributed by atoms with van der Waals surface area (Å²) in [5.74, 6) is 0.732. The molecule has 1 aromatic heterocycles. The maximum absolute atomic E-state index is 5.43. The first-order valence-electron chi connectivity index (χ1n) is 6.82. The molecule has 0 aliphatic carbocycles. The highest BCUT2D eigenvalue weighted by Crippen LogP contribution is 2.31. The highest BCUT2D eigenvalue weighted by Gasteiger charge is 2.22. The van der Waals surface area contributed by atoms with Crippen molar-refractivity contribution in [2.75, 3.05) is 19.8 Å². The van der Waals surface area contributed by atoms with Crippen LogP contribution in [-0.2, 0) is 4.74 Å². The number of ether oxygens (including phenoxy) is 1. The van der Waals surface area contributed by atoms with Crippen molar-refractivity contribution < 1.29 is 4.74 Å². The Balaban J connectivity index is 2.09. The van der Waals surface area contributed by atoms with Crippen LogP contribution >= 0.6 is 31.9 Å². The zero-order valence-electron chi connectivity index (χ0n) is 11.2. The number of rotatable bonds is 5. The lowest BCUT2D eigenvalue weighted by molar-refractivity contribution is 0.0604. The van der Waals surface area contributed by atoms with Crippen molar-refractivity contribution in [1.29, 1.82) is 0 Å². The Hall–Kier alpha value is 0.0300. The topological polar surface area (TPSA) is 34.1 Å². The number of hydrogen-bond acceptors (Lipinski definition) is 3. The van der Waals surface area contributed by atoms with Crippen LogP contribution in [0.2, 0.25) is 0 Å². The summed E-state index contributed by atoms with van der Waals surface area (Å²) < 4.78 is 7.51. The molecular formula is C14H20Br2N2O. The van der Waals surface area contributed by atoms with Gasteiger partial charge in [0, 0.05) is 28.4 Å². The van der Waals surface area contributed by atoms with E-state index in [1.807, 2.05) is 6.20 Å². The van der Waals surface area contributed by atoms with Gasteiger partial charge in [-0.25, -0.2) is 0 Å². The predicted molar refractivity (Wildman–Crippen MR) is 84.2 cm³/mol. The second-order valence-corrected chi connectivity index (χ2v) is 6.69. The summed E-state index contributed by atoms with van der Waals surface area (Å²) in [6.45, 7) is 4.90. The van der Waals surface area contributed by atoms with Crippen LogP contribution in [0.3, 0.4) is 0 Å². The van der Waals surface area contributed by atoms with Gasteiger partial charge in [-0.1, -0.05) is 6.92 Å². The van der Waals surface area contributed by atoms with Crippen molar-refractivity contribution in [3.8, 4) is 0 Å². The number of pyridine rings is 1. The molecule has 1 unspecified atom stereocenters. The van der Waals surface area contributed by atoms with Crippen molar-refractivity contribution in [2.24, 2.45) is 5.92 Å². The van der Waals surface area contributed by atoms with Crippen LogP contribution in [0.25, 0.3) is 0 Å². The molecule has 0 spiro atoms. The van der Waals surface area contributed by atoms with E-state index in [2.05, 4.69) is 55.2 Å². The zero-order valence-corrected chi connectivity index (χ0v) is 14.3. The third-order valence-electron chi connectivity index (χ3n) is 3.53. The normalized spacial score (nSPS) is 18.5. The van der Waals surface area contributed by atoms with Gasteiger partial charge in [0.25, 0.3) is 0 Å². The molecule has 1 aromatic rings. The first-order valence-corrected chi connectivity index (χ1v) is 8.41. The van der Waals surface area contributed by atoms with E-state index in [1.165, 1.54) is 0 Å². The van der Waals surface area contributed by atoms with Crippen molar-refractivity contribution in [3.63, 3.8) is 0 Å². The van der Waals surface area contributed by atoms with Crippen LogP contribution in [0.4, 0.5) is 0 Å². The van der Waals surface area contributed by atoms with Crippen LogP contribution in [0, 0.1) is 5.92 Å². The Kier molecular flexibility index (Phi) is 6.26. The van der Waals surface area contributed by atoms with E-state index in [9.17, 15) is 0 Å². The number of nitrogens with zero attached hydrogens (tertiary/aromatic N) is 1. The van der Waals surface area contributed by atoms with Gasteiger partial charge in [0.15, 0.2) is 0 Å². The Bertz CT molecular complexity index is 408. The van der Waals surface area contributed by atoms with Gasteiger partial charge in [-0.3, -0.25) is 4.98 Å². The largest absolute Gasteiger partial charge is 0.381 e. The fourth-order valence-corrected chi connectivity index (χ4v) is 3.80. The molecule has 2 rings (SSSR count).